The largest absolute Gasteiger partial charge is 0.489 e. The molecule has 0 saturated carbocycles. The molecule has 0 aliphatic rings. The van der Waals surface area contributed by atoms with E-state index in [4.69, 9.17) is 9.84 Å². The molecule has 2 aromatic rings. The van der Waals surface area contributed by atoms with Gasteiger partial charge in [-0.15, -0.1) is 0 Å². The highest BCUT2D eigenvalue weighted by molar-refractivity contribution is 14.1. The third-order valence-electron chi connectivity index (χ3n) is 2.57. The molecule has 0 unspecified atom stereocenters. The van der Waals surface area contributed by atoms with Crippen LogP contribution >= 0.6 is 22.6 Å². The van der Waals surface area contributed by atoms with Crippen molar-refractivity contribution in [2.75, 3.05) is 0 Å². The summed E-state index contributed by atoms with van der Waals surface area (Å²) in [6.45, 7) is 0.439. The first-order valence-electron chi connectivity index (χ1n) is 5.81. The van der Waals surface area contributed by atoms with Gasteiger partial charge in [-0.1, -0.05) is 24.3 Å². The molecule has 0 heterocycles. The Kier molecular flexibility index (Phi) is 4.79. The minimum absolute atomic E-state index is 0.0391. The van der Waals surface area contributed by atoms with E-state index < -0.39 is 5.97 Å². The average Bonchev–Trinajstić information content (AvgIpc) is 2.38. The molecule has 0 atom stereocenters. The molecule has 0 fully saturated rings. The van der Waals surface area contributed by atoms with Crippen LogP contribution in [0, 0.1) is 3.57 Å². The van der Waals surface area contributed by atoms with Crippen molar-refractivity contribution in [2.45, 2.75) is 13.0 Å². The lowest BCUT2D eigenvalue weighted by Crippen LogP contribution is -2.01. The van der Waals surface area contributed by atoms with E-state index in [2.05, 4.69) is 22.6 Å². The third-order valence-corrected chi connectivity index (χ3v) is 3.29. The number of hydrogen-bond acceptors (Lipinski definition) is 2. The fourth-order valence-electron chi connectivity index (χ4n) is 1.70. The molecule has 0 spiro atoms. The van der Waals surface area contributed by atoms with Crippen molar-refractivity contribution < 1.29 is 14.6 Å². The molecule has 3 nitrogen and oxygen atoms in total. The van der Waals surface area contributed by atoms with E-state index in [1.54, 1.807) is 0 Å². The van der Waals surface area contributed by atoms with Gasteiger partial charge in [-0.3, -0.25) is 4.79 Å². The Morgan fingerprint density at radius 1 is 1.11 bits per heavy atom. The lowest BCUT2D eigenvalue weighted by molar-refractivity contribution is -0.136. The number of carbonyl (C=O) groups is 1. The number of benzene rings is 2. The molecule has 0 radical (unpaired) electrons. The summed E-state index contributed by atoms with van der Waals surface area (Å²) in [5.41, 5.74) is 1.76. The van der Waals surface area contributed by atoms with Crippen molar-refractivity contribution in [3.05, 3.63) is 63.2 Å². The topological polar surface area (TPSA) is 46.5 Å². The number of ether oxygens (including phenoxy) is 1. The van der Waals surface area contributed by atoms with Crippen LogP contribution < -0.4 is 4.74 Å². The van der Waals surface area contributed by atoms with Gasteiger partial charge in [0, 0.05) is 3.57 Å². The van der Waals surface area contributed by atoms with Crippen LogP contribution in [0.4, 0.5) is 0 Å². The van der Waals surface area contributed by atoms with Gasteiger partial charge in [0.05, 0.1) is 6.42 Å². The molecule has 1 N–H and O–H groups in total. The number of carboxylic acid groups (broad SMARTS) is 1. The molecule has 98 valence electrons. The van der Waals surface area contributed by atoms with E-state index in [1.807, 2.05) is 48.5 Å². The van der Waals surface area contributed by atoms with E-state index in [0.717, 1.165) is 20.4 Å². The van der Waals surface area contributed by atoms with Crippen molar-refractivity contribution in [1.82, 2.24) is 0 Å². The second-order valence-corrected chi connectivity index (χ2v) is 5.38. The molecule has 2 rings (SSSR count). The quantitative estimate of drug-likeness (QED) is 0.822. The van der Waals surface area contributed by atoms with Crippen molar-refractivity contribution in [2.24, 2.45) is 0 Å². The summed E-state index contributed by atoms with van der Waals surface area (Å²) in [4.78, 5) is 10.7. The van der Waals surface area contributed by atoms with Gasteiger partial charge in [0.25, 0.3) is 0 Å². The van der Waals surface area contributed by atoms with Crippen LogP contribution in [0.1, 0.15) is 11.1 Å². The number of hydrogen-bond donors (Lipinski definition) is 1. The maximum absolute atomic E-state index is 10.7. The highest BCUT2D eigenvalue weighted by atomic mass is 127. The maximum atomic E-state index is 10.7. The van der Waals surface area contributed by atoms with Gasteiger partial charge in [-0.2, -0.15) is 0 Å². The summed E-state index contributed by atoms with van der Waals surface area (Å²) in [7, 11) is 0. The van der Waals surface area contributed by atoms with Crippen LogP contribution in [0.25, 0.3) is 0 Å². The molecule has 0 aliphatic heterocycles. The predicted octanol–water partition coefficient (Wildman–Crippen LogP) is 3.50. The van der Waals surface area contributed by atoms with Crippen LogP contribution in [0.5, 0.6) is 5.75 Å². The fourth-order valence-corrected chi connectivity index (χ4v) is 2.06. The smallest absolute Gasteiger partial charge is 0.307 e. The Bertz CT molecular complexity index is 564. The molecule has 19 heavy (non-hydrogen) atoms. The van der Waals surface area contributed by atoms with Gasteiger partial charge >= 0.3 is 5.97 Å². The minimum Gasteiger partial charge on any atom is -0.489 e. The first kappa shape index (κ1) is 13.9. The molecule has 2 aromatic carbocycles. The van der Waals surface area contributed by atoms with Gasteiger partial charge in [0.2, 0.25) is 0 Å². The van der Waals surface area contributed by atoms with Crippen LogP contribution in [0.2, 0.25) is 0 Å². The molecular formula is C15H13IO3. The molecule has 0 aliphatic carbocycles. The second kappa shape index (κ2) is 6.56. The normalized spacial score (nSPS) is 10.2. The molecular weight excluding hydrogens is 355 g/mol. The molecule has 0 saturated heterocycles. The standard InChI is InChI=1S/C15H13IO3/c16-13-4-6-14(7-5-13)19-10-12-3-1-2-11(8-12)9-15(17)18/h1-8H,9-10H2,(H,17,18). The van der Waals surface area contributed by atoms with E-state index in [1.165, 1.54) is 0 Å². The maximum Gasteiger partial charge on any atom is 0.307 e. The van der Waals surface area contributed by atoms with Crippen molar-refractivity contribution in [3.63, 3.8) is 0 Å². The Labute approximate surface area is 125 Å². The Hall–Kier alpha value is -1.56. The zero-order valence-electron chi connectivity index (χ0n) is 10.2. The first-order chi connectivity index (χ1) is 9.13. The SMILES string of the molecule is O=C(O)Cc1cccc(COc2ccc(I)cc2)c1. The Morgan fingerprint density at radius 3 is 2.47 bits per heavy atom. The van der Waals surface area contributed by atoms with Gasteiger partial charge < -0.3 is 9.84 Å². The summed E-state index contributed by atoms with van der Waals surface area (Å²) in [6, 6.07) is 15.3. The van der Waals surface area contributed by atoms with Crippen LogP contribution in [-0.2, 0) is 17.8 Å². The first-order valence-corrected chi connectivity index (χ1v) is 6.89. The summed E-state index contributed by atoms with van der Waals surface area (Å²) in [6.07, 6.45) is 0.0391. The zero-order valence-corrected chi connectivity index (χ0v) is 12.3. The summed E-state index contributed by atoms with van der Waals surface area (Å²) >= 11 is 2.24. The van der Waals surface area contributed by atoms with Crippen LogP contribution in [0.15, 0.2) is 48.5 Å². The molecule has 0 aromatic heterocycles. The summed E-state index contributed by atoms with van der Waals surface area (Å²) in [5, 5.41) is 8.76. The second-order valence-electron chi connectivity index (χ2n) is 4.13. The summed E-state index contributed by atoms with van der Waals surface area (Å²) < 4.78 is 6.82. The van der Waals surface area contributed by atoms with E-state index >= 15 is 0 Å². The molecule has 4 heteroatoms. The van der Waals surface area contributed by atoms with E-state index in [9.17, 15) is 4.79 Å². The monoisotopic (exact) mass is 368 g/mol. The molecule has 0 amide bonds. The van der Waals surface area contributed by atoms with E-state index in [-0.39, 0.29) is 6.42 Å². The summed E-state index contributed by atoms with van der Waals surface area (Å²) in [5.74, 6) is -0.0141. The highest BCUT2D eigenvalue weighted by Crippen LogP contribution is 2.15. The minimum atomic E-state index is -0.823. The number of rotatable bonds is 5. The highest BCUT2D eigenvalue weighted by Gasteiger charge is 2.02. The lowest BCUT2D eigenvalue weighted by Gasteiger charge is -2.07. The number of halogens is 1. The van der Waals surface area contributed by atoms with Crippen LogP contribution in [0.3, 0.4) is 0 Å². The van der Waals surface area contributed by atoms with Crippen molar-refractivity contribution in [3.8, 4) is 5.75 Å². The van der Waals surface area contributed by atoms with Gasteiger partial charge in [0.1, 0.15) is 12.4 Å². The Balaban J connectivity index is 1.99. The number of aliphatic carboxylic acids is 1. The fraction of sp³-hybridized carbons (Fsp3) is 0.133. The predicted molar refractivity (Wildman–Crippen MR) is 81.3 cm³/mol. The number of carboxylic acids is 1. The Morgan fingerprint density at radius 2 is 1.79 bits per heavy atom. The van der Waals surface area contributed by atoms with Gasteiger partial charge in [-0.25, -0.2) is 0 Å². The average molecular weight is 368 g/mol. The third kappa shape index (κ3) is 4.55. The van der Waals surface area contributed by atoms with E-state index in [0.29, 0.717) is 6.61 Å². The van der Waals surface area contributed by atoms with Crippen molar-refractivity contribution >= 4 is 28.6 Å². The van der Waals surface area contributed by atoms with Crippen LogP contribution in [-0.4, -0.2) is 11.1 Å². The zero-order chi connectivity index (χ0) is 13.7. The van der Waals surface area contributed by atoms with Crippen molar-refractivity contribution in [1.29, 1.82) is 0 Å². The van der Waals surface area contributed by atoms with Gasteiger partial charge in [0.15, 0.2) is 0 Å². The molecule has 0 bridgehead atoms. The lowest BCUT2D eigenvalue weighted by atomic mass is 10.1. The van der Waals surface area contributed by atoms with Gasteiger partial charge in [-0.05, 0) is 58.0 Å².